The van der Waals surface area contributed by atoms with Gasteiger partial charge in [-0.15, -0.1) is 11.6 Å². The maximum absolute atomic E-state index is 11.8. The number of halogens is 2. The summed E-state index contributed by atoms with van der Waals surface area (Å²) in [6, 6.07) is 1.62. The third-order valence-electron chi connectivity index (χ3n) is 2.14. The van der Waals surface area contributed by atoms with E-state index in [9.17, 15) is 4.79 Å². The molecule has 0 spiro atoms. The summed E-state index contributed by atoms with van der Waals surface area (Å²) in [5.41, 5.74) is 0.499. The number of hydrogen-bond acceptors (Lipinski definition) is 2. The minimum atomic E-state index is -0.160. The lowest BCUT2D eigenvalue weighted by molar-refractivity contribution is 0.0935. The summed E-state index contributed by atoms with van der Waals surface area (Å²) >= 11 is 8.98. The molecule has 0 bridgehead atoms. The second-order valence-corrected chi connectivity index (χ2v) is 5.09. The van der Waals surface area contributed by atoms with Gasteiger partial charge in [0.2, 0.25) is 0 Å². The minimum Gasteiger partial charge on any atom is -0.457 e. The van der Waals surface area contributed by atoms with E-state index in [4.69, 9.17) is 16.0 Å². The molecule has 5 heteroatoms. The highest BCUT2D eigenvalue weighted by Gasteiger charge is 2.17. The predicted molar refractivity (Wildman–Crippen MR) is 67.8 cm³/mol. The second kappa shape index (κ2) is 6.30. The van der Waals surface area contributed by atoms with Crippen molar-refractivity contribution in [1.29, 1.82) is 0 Å². The Hall–Kier alpha value is -0.480. The quantitative estimate of drug-likeness (QED) is 0.847. The van der Waals surface area contributed by atoms with E-state index in [-0.39, 0.29) is 11.9 Å². The maximum atomic E-state index is 11.8. The van der Waals surface area contributed by atoms with Crippen molar-refractivity contribution in [2.75, 3.05) is 5.88 Å². The first-order valence-electron chi connectivity index (χ1n) is 5.14. The van der Waals surface area contributed by atoms with E-state index in [0.29, 0.717) is 22.0 Å². The molecule has 1 aromatic rings. The van der Waals surface area contributed by atoms with Crippen LogP contribution in [0.2, 0.25) is 0 Å². The van der Waals surface area contributed by atoms with Gasteiger partial charge in [0.15, 0.2) is 4.67 Å². The van der Waals surface area contributed by atoms with Gasteiger partial charge < -0.3 is 9.73 Å². The van der Waals surface area contributed by atoms with Crippen LogP contribution >= 0.6 is 27.5 Å². The van der Waals surface area contributed by atoms with Gasteiger partial charge in [0.1, 0.15) is 0 Å². The molecule has 0 saturated heterocycles. The van der Waals surface area contributed by atoms with E-state index < -0.39 is 0 Å². The minimum absolute atomic E-state index is 0.00373. The van der Waals surface area contributed by atoms with Crippen LogP contribution in [-0.4, -0.2) is 17.8 Å². The molecule has 16 heavy (non-hydrogen) atoms. The Bertz CT molecular complexity index is 352. The zero-order chi connectivity index (χ0) is 12.1. The number of carbonyl (C=O) groups excluding carboxylic acids is 1. The van der Waals surface area contributed by atoms with Crippen LogP contribution in [0, 0.1) is 5.92 Å². The van der Waals surface area contributed by atoms with Crippen molar-refractivity contribution >= 4 is 33.4 Å². The van der Waals surface area contributed by atoms with Gasteiger partial charge in [0.05, 0.1) is 11.8 Å². The fraction of sp³-hybridized carbons (Fsp3) is 0.545. The number of rotatable bonds is 5. The molecule has 0 aliphatic heterocycles. The maximum Gasteiger partial charge on any atom is 0.256 e. The fourth-order valence-electron chi connectivity index (χ4n) is 1.45. The zero-order valence-electron chi connectivity index (χ0n) is 9.30. The van der Waals surface area contributed by atoms with Crippen LogP contribution in [-0.2, 0) is 0 Å². The van der Waals surface area contributed by atoms with Crippen molar-refractivity contribution in [3.63, 3.8) is 0 Å². The summed E-state index contributed by atoms with van der Waals surface area (Å²) in [5.74, 6) is 0.753. The molecule has 1 N–H and O–H groups in total. The summed E-state index contributed by atoms with van der Waals surface area (Å²) in [7, 11) is 0. The van der Waals surface area contributed by atoms with E-state index in [2.05, 4.69) is 35.1 Å². The van der Waals surface area contributed by atoms with E-state index >= 15 is 0 Å². The van der Waals surface area contributed by atoms with Crippen LogP contribution in [0.15, 0.2) is 21.4 Å². The molecule has 1 amide bonds. The molecule has 1 aromatic heterocycles. The Morgan fingerprint density at radius 1 is 1.62 bits per heavy atom. The van der Waals surface area contributed by atoms with Crippen LogP contribution in [0.5, 0.6) is 0 Å². The van der Waals surface area contributed by atoms with Crippen LogP contribution in [0.1, 0.15) is 30.6 Å². The molecule has 0 radical (unpaired) electrons. The number of alkyl halides is 1. The number of hydrogen-bond donors (Lipinski definition) is 1. The SMILES string of the molecule is CC(C)CC(CCl)NC(=O)c1ccoc1Br. The lowest BCUT2D eigenvalue weighted by Gasteiger charge is -2.17. The summed E-state index contributed by atoms with van der Waals surface area (Å²) in [5, 5.41) is 2.88. The molecule has 0 fully saturated rings. The average molecular weight is 309 g/mol. The van der Waals surface area contributed by atoms with Crippen LogP contribution in [0.25, 0.3) is 0 Å². The van der Waals surface area contributed by atoms with Gasteiger partial charge in [-0.05, 0) is 34.3 Å². The summed E-state index contributed by atoms with van der Waals surface area (Å²) in [6.07, 6.45) is 2.34. The molecule has 1 rings (SSSR count). The summed E-state index contributed by atoms with van der Waals surface area (Å²) in [4.78, 5) is 11.8. The number of nitrogens with one attached hydrogen (secondary N) is 1. The summed E-state index contributed by atoms with van der Waals surface area (Å²) < 4.78 is 5.45. The van der Waals surface area contributed by atoms with Crippen molar-refractivity contribution < 1.29 is 9.21 Å². The highest BCUT2D eigenvalue weighted by Crippen LogP contribution is 2.18. The first kappa shape index (κ1) is 13.6. The van der Waals surface area contributed by atoms with Crippen LogP contribution in [0.3, 0.4) is 0 Å². The van der Waals surface area contributed by atoms with Gasteiger partial charge in [0, 0.05) is 11.9 Å². The smallest absolute Gasteiger partial charge is 0.256 e. The van der Waals surface area contributed by atoms with Gasteiger partial charge in [-0.2, -0.15) is 0 Å². The molecule has 1 unspecified atom stereocenters. The molecular formula is C11H15BrClNO2. The Balaban J connectivity index is 2.59. The van der Waals surface area contributed by atoms with Gasteiger partial charge in [-0.25, -0.2) is 0 Å². The standard InChI is InChI=1S/C11H15BrClNO2/c1-7(2)5-8(6-13)14-11(15)9-3-4-16-10(9)12/h3-4,7-8H,5-6H2,1-2H3,(H,14,15). The van der Waals surface area contributed by atoms with E-state index in [1.165, 1.54) is 6.26 Å². The van der Waals surface area contributed by atoms with Crippen molar-refractivity contribution in [1.82, 2.24) is 5.32 Å². The molecule has 0 saturated carbocycles. The molecule has 1 atom stereocenters. The van der Waals surface area contributed by atoms with E-state index in [1.807, 2.05) is 0 Å². The number of carbonyl (C=O) groups is 1. The molecule has 0 aliphatic carbocycles. The predicted octanol–water partition coefficient (Wildman–Crippen LogP) is 3.43. The summed E-state index contributed by atoms with van der Waals surface area (Å²) in [6.45, 7) is 4.19. The second-order valence-electron chi connectivity index (χ2n) is 4.06. The lowest BCUT2D eigenvalue weighted by atomic mass is 10.0. The zero-order valence-corrected chi connectivity index (χ0v) is 11.6. The largest absolute Gasteiger partial charge is 0.457 e. The highest BCUT2D eigenvalue weighted by atomic mass is 79.9. The Morgan fingerprint density at radius 2 is 2.31 bits per heavy atom. The average Bonchev–Trinajstić information content (AvgIpc) is 2.62. The van der Waals surface area contributed by atoms with E-state index in [0.717, 1.165) is 6.42 Å². The molecule has 90 valence electrons. The molecule has 0 aromatic carbocycles. The molecule has 3 nitrogen and oxygen atoms in total. The van der Waals surface area contributed by atoms with Gasteiger partial charge >= 0.3 is 0 Å². The Kier molecular flexibility index (Phi) is 5.35. The fourth-order valence-corrected chi connectivity index (χ4v) is 2.07. The number of amides is 1. The third-order valence-corrected chi connectivity index (χ3v) is 3.13. The molecule has 0 aliphatic rings. The van der Waals surface area contributed by atoms with Crippen molar-refractivity contribution in [2.24, 2.45) is 5.92 Å². The molecule has 1 heterocycles. The Morgan fingerprint density at radius 3 is 2.75 bits per heavy atom. The van der Waals surface area contributed by atoms with Gasteiger partial charge in [-0.3, -0.25) is 4.79 Å². The van der Waals surface area contributed by atoms with Gasteiger partial charge in [0.25, 0.3) is 5.91 Å². The number of furan rings is 1. The lowest BCUT2D eigenvalue weighted by Crippen LogP contribution is -2.37. The highest BCUT2D eigenvalue weighted by molar-refractivity contribution is 9.10. The normalized spacial score (nSPS) is 12.8. The van der Waals surface area contributed by atoms with Crippen LogP contribution < -0.4 is 5.32 Å². The van der Waals surface area contributed by atoms with Crippen molar-refractivity contribution in [3.8, 4) is 0 Å². The van der Waals surface area contributed by atoms with Crippen molar-refractivity contribution in [3.05, 3.63) is 22.6 Å². The van der Waals surface area contributed by atoms with Crippen molar-refractivity contribution in [2.45, 2.75) is 26.3 Å². The monoisotopic (exact) mass is 307 g/mol. The molecular weight excluding hydrogens is 293 g/mol. The Labute approximate surface area is 109 Å². The first-order valence-corrected chi connectivity index (χ1v) is 6.47. The topological polar surface area (TPSA) is 42.2 Å². The van der Waals surface area contributed by atoms with Gasteiger partial charge in [-0.1, -0.05) is 13.8 Å². The van der Waals surface area contributed by atoms with E-state index in [1.54, 1.807) is 6.07 Å². The van der Waals surface area contributed by atoms with Crippen LogP contribution in [0.4, 0.5) is 0 Å². The third kappa shape index (κ3) is 3.83. The first-order chi connectivity index (χ1) is 7.54.